The first-order chi connectivity index (χ1) is 13.3. The summed E-state index contributed by atoms with van der Waals surface area (Å²) in [4.78, 5) is 0.195. The van der Waals surface area contributed by atoms with E-state index in [9.17, 15) is 8.42 Å². The van der Waals surface area contributed by atoms with E-state index >= 15 is 0 Å². The molecule has 0 bridgehead atoms. The maximum Gasteiger partial charge on any atom is 0.262 e. The second kappa shape index (κ2) is 8.16. The maximum absolute atomic E-state index is 12.9. The molecule has 1 N–H and O–H groups in total. The van der Waals surface area contributed by atoms with Gasteiger partial charge in [0.15, 0.2) is 0 Å². The lowest BCUT2D eigenvalue weighted by atomic mass is 10.1. The first-order valence-corrected chi connectivity index (χ1v) is 10.5. The molecule has 2 aromatic carbocycles. The van der Waals surface area contributed by atoms with Crippen molar-refractivity contribution in [3.05, 3.63) is 64.7 Å². The van der Waals surface area contributed by atoms with Crippen molar-refractivity contribution in [2.45, 2.75) is 25.7 Å². The Morgan fingerprint density at radius 1 is 1.04 bits per heavy atom. The summed E-state index contributed by atoms with van der Waals surface area (Å²) in [6.07, 6.45) is 0. The van der Waals surface area contributed by atoms with Gasteiger partial charge in [-0.2, -0.15) is 0 Å². The van der Waals surface area contributed by atoms with Gasteiger partial charge in [-0.1, -0.05) is 23.7 Å². The van der Waals surface area contributed by atoms with E-state index in [4.69, 9.17) is 16.3 Å². The lowest BCUT2D eigenvalue weighted by Gasteiger charge is -2.13. The van der Waals surface area contributed by atoms with Gasteiger partial charge in [0.2, 0.25) is 5.88 Å². The molecule has 0 atom stereocenters. The third-order valence-electron chi connectivity index (χ3n) is 4.09. The molecule has 0 aliphatic carbocycles. The summed E-state index contributed by atoms with van der Waals surface area (Å²) >= 11 is 6.08. The van der Waals surface area contributed by atoms with Gasteiger partial charge in [0, 0.05) is 22.3 Å². The van der Waals surface area contributed by atoms with Gasteiger partial charge < -0.3 is 4.74 Å². The summed E-state index contributed by atoms with van der Waals surface area (Å²) in [6, 6.07) is 13.7. The van der Waals surface area contributed by atoms with Crippen molar-refractivity contribution in [2.75, 3.05) is 11.3 Å². The van der Waals surface area contributed by atoms with Crippen molar-refractivity contribution in [1.29, 1.82) is 0 Å². The Morgan fingerprint density at radius 3 is 2.50 bits per heavy atom. The Bertz CT molecular complexity index is 1100. The summed E-state index contributed by atoms with van der Waals surface area (Å²) in [5.41, 5.74) is 3.06. The minimum absolute atomic E-state index is 0.195. The van der Waals surface area contributed by atoms with E-state index < -0.39 is 10.0 Å². The van der Waals surface area contributed by atoms with Gasteiger partial charge in [0.05, 0.1) is 17.2 Å². The van der Waals surface area contributed by atoms with Crippen molar-refractivity contribution in [1.82, 2.24) is 10.2 Å². The highest BCUT2D eigenvalue weighted by Crippen LogP contribution is 2.27. The Balaban J connectivity index is 1.89. The molecule has 146 valence electrons. The molecule has 0 saturated heterocycles. The summed E-state index contributed by atoms with van der Waals surface area (Å²) in [7, 11) is -3.76. The molecule has 1 heterocycles. The van der Waals surface area contributed by atoms with Crippen LogP contribution >= 0.6 is 11.6 Å². The molecule has 3 rings (SSSR count). The topological polar surface area (TPSA) is 81.2 Å². The number of nitrogens with zero attached hydrogens (tertiary/aromatic N) is 2. The quantitative estimate of drug-likeness (QED) is 0.633. The maximum atomic E-state index is 12.9. The van der Waals surface area contributed by atoms with E-state index in [2.05, 4.69) is 14.9 Å². The first kappa shape index (κ1) is 20.1. The van der Waals surface area contributed by atoms with Gasteiger partial charge in [-0.25, -0.2) is 8.42 Å². The van der Waals surface area contributed by atoms with Crippen molar-refractivity contribution in [2.24, 2.45) is 0 Å². The Hall–Kier alpha value is -2.64. The second-order valence-electron chi connectivity index (χ2n) is 6.24. The Morgan fingerprint density at radius 2 is 1.82 bits per heavy atom. The third kappa shape index (κ3) is 4.43. The van der Waals surface area contributed by atoms with Gasteiger partial charge in [-0.3, -0.25) is 4.72 Å². The van der Waals surface area contributed by atoms with Crippen LogP contribution in [0, 0.1) is 13.8 Å². The summed E-state index contributed by atoms with van der Waals surface area (Å²) in [5, 5.41) is 8.67. The number of ether oxygens (including phenoxy) is 1. The number of halogens is 1. The van der Waals surface area contributed by atoms with Gasteiger partial charge in [0.25, 0.3) is 10.0 Å². The molecule has 28 heavy (non-hydrogen) atoms. The molecule has 6 nitrogen and oxygen atoms in total. The van der Waals surface area contributed by atoms with Gasteiger partial charge in [-0.15, -0.1) is 10.2 Å². The van der Waals surface area contributed by atoms with E-state index in [0.717, 1.165) is 5.56 Å². The normalized spacial score (nSPS) is 11.3. The standard InChI is InChI=1S/C20H20ClN3O3S/c1-4-27-20-9-8-18(22-23-20)15-6-5-7-16(12-15)24-28(25,26)19-11-13(2)17(21)10-14(19)3/h5-12,24H,4H2,1-3H3. The highest BCUT2D eigenvalue weighted by molar-refractivity contribution is 7.92. The number of benzene rings is 2. The highest BCUT2D eigenvalue weighted by Gasteiger charge is 2.18. The van der Waals surface area contributed by atoms with Gasteiger partial charge in [0.1, 0.15) is 0 Å². The molecule has 0 amide bonds. The Kier molecular flexibility index (Phi) is 5.86. The van der Waals surface area contributed by atoms with Gasteiger partial charge >= 0.3 is 0 Å². The molecule has 0 fully saturated rings. The lowest BCUT2D eigenvalue weighted by molar-refractivity contribution is 0.323. The predicted molar refractivity (Wildman–Crippen MR) is 110 cm³/mol. The van der Waals surface area contributed by atoms with Crippen LogP contribution in [0.5, 0.6) is 5.88 Å². The average Bonchev–Trinajstić information content (AvgIpc) is 2.65. The average molecular weight is 418 g/mol. The molecule has 0 saturated carbocycles. The zero-order chi connectivity index (χ0) is 20.3. The molecule has 8 heteroatoms. The molecule has 1 aromatic heterocycles. The number of hydrogen-bond acceptors (Lipinski definition) is 5. The SMILES string of the molecule is CCOc1ccc(-c2cccc(NS(=O)(=O)c3cc(C)c(Cl)cc3C)c2)nn1. The van der Waals surface area contributed by atoms with E-state index in [1.165, 1.54) is 0 Å². The number of anilines is 1. The number of nitrogens with one attached hydrogen (secondary N) is 1. The van der Waals surface area contributed by atoms with Crippen LogP contribution in [0.1, 0.15) is 18.1 Å². The largest absolute Gasteiger partial charge is 0.477 e. The van der Waals surface area contributed by atoms with Crippen molar-refractivity contribution in [3.63, 3.8) is 0 Å². The van der Waals surface area contributed by atoms with Crippen molar-refractivity contribution in [3.8, 4) is 17.1 Å². The lowest BCUT2D eigenvalue weighted by Crippen LogP contribution is -2.14. The van der Waals surface area contributed by atoms with Crippen molar-refractivity contribution >= 4 is 27.3 Å². The minimum Gasteiger partial charge on any atom is -0.477 e. The van der Waals surface area contributed by atoms with E-state index in [1.54, 1.807) is 56.3 Å². The van der Waals surface area contributed by atoms with Crippen LogP contribution in [-0.2, 0) is 10.0 Å². The van der Waals surface area contributed by atoms with Crippen LogP contribution in [0.2, 0.25) is 5.02 Å². The monoisotopic (exact) mass is 417 g/mol. The summed E-state index contributed by atoms with van der Waals surface area (Å²) in [6.45, 7) is 5.86. The number of aryl methyl sites for hydroxylation is 2. The van der Waals surface area contributed by atoms with Crippen LogP contribution in [0.15, 0.2) is 53.4 Å². The van der Waals surface area contributed by atoms with Crippen molar-refractivity contribution < 1.29 is 13.2 Å². The first-order valence-electron chi connectivity index (χ1n) is 8.66. The minimum atomic E-state index is -3.76. The fourth-order valence-electron chi connectivity index (χ4n) is 2.69. The van der Waals surface area contributed by atoms with Gasteiger partial charge in [-0.05, 0) is 62.2 Å². The van der Waals surface area contributed by atoms with Crippen LogP contribution in [0.3, 0.4) is 0 Å². The molecule has 0 spiro atoms. The molecule has 0 unspecified atom stereocenters. The smallest absolute Gasteiger partial charge is 0.262 e. The zero-order valence-electron chi connectivity index (χ0n) is 15.7. The van der Waals surface area contributed by atoms with E-state index in [1.807, 2.05) is 13.0 Å². The molecule has 0 radical (unpaired) electrons. The summed E-state index contributed by atoms with van der Waals surface area (Å²) in [5.74, 6) is 0.441. The molecule has 0 aliphatic heterocycles. The zero-order valence-corrected chi connectivity index (χ0v) is 17.3. The molecule has 3 aromatic rings. The second-order valence-corrected chi connectivity index (χ2v) is 8.30. The number of sulfonamides is 1. The molecular weight excluding hydrogens is 398 g/mol. The number of aromatic nitrogens is 2. The summed E-state index contributed by atoms with van der Waals surface area (Å²) < 4.78 is 33.6. The number of hydrogen-bond donors (Lipinski definition) is 1. The number of rotatable bonds is 6. The van der Waals surface area contributed by atoms with E-state index in [-0.39, 0.29) is 4.90 Å². The fraction of sp³-hybridized carbons (Fsp3) is 0.200. The predicted octanol–water partition coefficient (Wildman–Crippen LogP) is 4.61. The van der Waals surface area contributed by atoms with Crippen LogP contribution < -0.4 is 9.46 Å². The highest BCUT2D eigenvalue weighted by atomic mass is 35.5. The van der Waals surface area contributed by atoms with Crippen LogP contribution in [-0.4, -0.2) is 25.2 Å². The van der Waals surface area contributed by atoms with Crippen LogP contribution in [0.25, 0.3) is 11.3 Å². The third-order valence-corrected chi connectivity index (χ3v) is 6.02. The fourth-order valence-corrected chi connectivity index (χ4v) is 4.28. The molecular formula is C20H20ClN3O3S. The Labute approximate surface area is 169 Å². The van der Waals surface area contributed by atoms with Crippen LogP contribution in [0.4, 0.5) is 5.69 Å². The van der Waals surface area contributed by atoms with E-state index in [0.29, 0.717) is 40.0 Å². The molecule has 0 aliphatic rings.